The zero-order chi connectivity index (χ0) is 17.2. The maximum atomic E-state index is 12.5. The van der Waals surface area contributed by atoms with E-state index in [1.165, 1.54) is 0 Å². The van der Waals surface area contributed by atoms with Crippen molar-refractivity contribution in [2.24, 2.45) is 5.92 Å². The Morgan fingerprint density at radius 2 is 1.96 bits per heavy atom. The lowest BCUT2D eigenvalue weighted by Crippen LogP contribution is -2.32. The minimum Gasteiger partial charge on any atom is -0.492 e. The zero-order valence-corrected chi connectivity index (χ0v) is 13.2. The number of nitrogens with zero attached hydrogens (tertiary/aromatic N) is 1. The van der Waals surface area contributed by atoms with Crippen molar-refractivity contribution in [3.63, 3.8) is 0 Å². The number of fused-ring (bicyclic) bond motifs is 1. The standard InChI is InChI=1S/C18H15N3O4/c22-17(13-9-12-3-1-2-4-15(12)24-10-13)19-14-7-5-11(6-8-14)16-20-18(23)25-21-16/h1-8,13H,9-10H2,(H,19,22)(H,20,21,23). The van der Waals surface area contributed by atoms with Gasteiger partial charge in [0, 0.05) is 11.3 Å². The number of carbonyl (C=O) groups is 1. The molecule has 0 saturated carbocycles. The number of amides is 1. The Balaban J connectivity index is 1.44. The van der Waals surface area contributed by atoms with E-state index < -0.39 is 5.76 Å². The van der Waals surface area contributed by atoms with Crippen LogP contribution in [0.15, 0.2) is 57.8 Å². The van der Waals surface area contributed by atoms with Gasteiger partial charge in [-0.2, -0.15) is 0 Å². The van der Waals surface area contributed by atoms with Gasteiger partial charge >= 0.3 is 5.76 Å². The van der Waals surface area contributed by atoms with Crippen LogP contribution in [0.1, 0.15) is 5.56 Å². The number of para-hydroxylation sites is 1. The molecular weight excluding hydrogens is 322 g/mol. The van der Waals surface area contributed by atoms with E-state index >= 15 is 0 Å². The van der Waals surface area contributed by atoms with Gasteiger partial charge in [-0.25, -0.2) is 4.79 Å². The number of anilines is 1. The van der Waals surface area contributed by atoms with E-state index in [0.29, 0.717) is 30.1 Å². The van der Waals surface area contributed by atoms with Crippen LogP contribution in [0.5, 0.6) is 5.75 Å². The monoisotopic (exact) mass is 337 g/mol. The second kappa shape index (κ2) is 6.27. The molecule has 1 aromatic heterocycles. The highest BCUT2D eigenvalue weighted by molar-refractivity contribution is 5.93. The second-order valence-electron chi connectivity index (χ2n) is 5.83. The second-order valence-corrected chi connectivity index (χ2v) is 5.83. The van der Waals surface area contributed by atoms with Crippen molar-refractivity contribution >= 4 is 11.6 Å². The van der Waals surface area contributed by atoms with Crippen molar-refractivity contribution < 1.29 is 14.1 Å². The van der Waals surface area contributed by atoms with Crippen LogP contribution in [0.25, 0.3) is 11.4 Å². The summed E-state index contributed by atoms with van der Waals surface area (Å²) in [4.78, 5) is 25.9. The van der Waals surface area contributed by atoms with Gasteiger partial charge in [0.1, 0.15) is 12.4 Å². The molecule has 7 nitrogen and oxygen atoms in total. The molecule has 1 aliphatic heterocycles. The summed E-state index contributed by atoms with van der Waals surface area (Å²) < 4.78 is 10.1. The average Bonchev–Trinajstić information content (AvgIpc) is 3.08. The fourth-order valence-electron chi connectivity index (χ4n) is 2.81. The van der Waals surface area contributed by atoms with E-state index in [-0.39, 0.29) is 11.8 Å². The molecule has 0 bridgehead atoms. The largest absolute Gasteiger partial charge is 0.492 e. The Labute approximate surface area is 142 Å². The van der Waals surface area contributed by atoms with Crippen molar-refractivity contribution in [3.05, 3.63) is 64.6 Å². The van der Waals surface area contributed by atoms with E-state index in [1.54, 1.807) is 24.3 Å². The number of hydrogen-bond acceptors (Lipinski definition) is 5. The maximum Gasteiger partial charge on any atom is 0.439 e. The molecule has 7 heteroatoms. The topological polar surface area (TPSA) is 97.2 Å². The predicted octanol–water partition coefficient (Wildman–Crippen LogP) is 2.22. The molecule has 0 spiro atoms. The molecule has 0 aliphatic carbocycles. The third-order valence-electron chi connectivity index (χ3n) is 4.12. The van der Waals surface area contributed by atoms with Crippen LogP contribution in [0, 0.1) is 5.92 Å². The summed E-state index contributed by atoms with van der Waals surface area (Å²) in [6.07, 6.45) is 0.653. The van der Waals surface area contributed by atoms with Gasteiger partial charge in [-0.05, 0) is 42.3 Å². The lowest BCUT2D eigenvalue weighted by Gasteiger charge is -2.24. The first-order valence-corrected chi connectivity index (χ1v) is 7.87. The fraction of sp³-hybridized carbons (Fsp3) is 0.167. The molecule has 2 heterocycles. The molecule has 1 unspecified atom stereocenters. The summed E-state index contributed by atoms with van der Waals surface area (Å²) in [5.41, 5.74) is 2.40. The molecule has 4 rings (SSSR count). The summed E-state index contributed by atoms with van der Waals surface area (Å²) in [6, 6.07) is 14.7. The number of H-pyrrole nitrogens is 1. The van der Waals surface area contributed by atoms with E-state index in [2.05, 4.69) is 20.0 Å². The number of rotatable bonds is 3. The van der Waals surface area contributed by atoms with Crippen molar-refractivity contribution in [1.82, 2.24) is 10.1 Å². The first kappa shape index (κ1) is 15.2. The van der Waals surface area contributed by atoms with Crippen molar-refractivity contribution in [1.29, 1.82) is 0 Å². The van der Waals surface area contributed by atoms with Gasteiger partial charge < -0.3 is 10.1 Å². The minimum atomic E-state index is -0.607. The van der Waals surface area contributed by atoms with Crippen LogP contribution in [0.3, 0.4) is 0 Å². The van der Waals surface area contributed by atoms with E-state index in [1.807, 2.05) is 24.3 Å². The molecule has 2 aromatic carbocycles. The van der Waals surface area contributed by atoms with Gasteiger partial charge in [-0.3, -0.25) is 14.3 Å². The number of carbonyl (C=O) groups excluding carboxylic acids is 1. The minimum absolute atomic E-state index is 0.0860. The number of nitrogens with one attached hydrogen (secondary N) is 2. The molecular formula is C18H15N3O4. The Hall–Kier alpha value is -3.35. The highest BCUT2D eigenvalue weighted by atomic mass is 16.5. The van der Waals surface area contributed by atoms with Crippen LogP contribution in [0.4, 0.5) is 5.69 Å². The van der Waals surface area contributed by atoms with Crippen LogP contribution in [0.2, 0.25) is 0 Å². The summed E-state index contributed by atoms with van der Waals surface area (Å²) in [6.45, 7) is 0.362. The highest BCUT2D eigenvalue weighted by Gasteiger charge is 2.25. The lowest BCUT2D eigenvalue weighted by atomic mass is 9.96. The third kappa shape index (κ3) is 3.16. The van der Waals surface area contributed by atoms with Gasteiger partial charge in [0.25, 0.3) is 0 Å². The fourth-order valence-corrected chi connectivity index (χ4v) is 2.81. The van der Waals surface area contributed by atoms with E-state index in [0.717, 1.165) is 11.3 Å². The zero-order valence-electron chi connectivity index (χ0n) is 13.2. The van der Waals surface area contributed by atoms with Gasteiger partial charge in [0.2, 0.25) is 5.91 Å². The van der Waals surface area contributed by atoms with Gasteiger partial charge in [0.15, 0.2) is 5.82 Å². The molecule has 25 heavy (non-hydrogen) atoms. The number of hydrogen-bond donors (Lipinski definition) is 2. The van der Waals surface area contributed by atoms with Crippen molar-refractivity contribution in [2.45, 2.75) is 6.42 Å². The number of aromatic amines is 1. The number of ether oxygens (including phenoxy) is 1. The first-order valence-electron chi connectivity index (χ1n) is 7.87. The Bertz CT molecular complexity index is 959. The molecule has 1 amide bonds. The summed E-state index contributed by atoms with van der Waals surface area (Å²) in [5, 5.41) is 6.52. The molecule has 1 atom stereocenters. The molecule has 0 fully saturated rings. The van der Waals surface area contributed by atoms with Crippen LogP contribution in [-0.4, -0.2) is 22.7 Å². The molecule has 2 N–H and O–H groups in total. The number of aromatic nitrogens is 2. The smallest absolute Gasteiger partial charge is 0.439 e. The predicted molar refractivity (Wildman–Crippen MR) is 90.3 cm³/mol. The quantitative estimate of drug-likeness (QED) is 0.764. The summed E-state index contributed by atoms with van der Waals surface area (Å²) >= 11 is 0. The highest BCUT2D eigenvalue weighted by Crippen LogP contribution is 2.27. The van der Waals surface area contributed by atoms with E-state index in [4.69, 9.17) is 4.74 Å². The molecule has 1 aliphatic rings. The van der Waals surface area contributed by atoms with Crippen LogP contribution in [-0.2, 0) is 11.2 Å². The summed E-state index contributed by atoms with van der Waals surface area (Å²) in [5.74, 6) is 0.265. The molecule has 0 saturated heterocycles. The van der Waals surface area contributed by atoms with Crippen LogP contribution >= 0.6 is 0 Å². The molecule has 126 valence electrons. The molecule has 3 aromatic rings. The normalized spacial score (nSPS) is 15.9. The van der Waals surface area contributed by atoms with Gasteiger partial charge in [0.05, 0.1) is 5.92 Å². The summed E-state index contributed by atoms with van der Waals surface area (Å²) in [7, 11) is 0. The van der Waals surface area contributed by atoms with Crippen molar-refractivity contribution in [2.75, 3.05) is 11.9 Å². The van der Waals surface area contributed by atoms with Gasteiger partial charge in [-0.15, -0.1) is 0 Å². The Morgan fingerprint density at radius 3 is 2.72 bits per heavy atom. The average molecular weight is 337 g/mol. The number of benzene rings is 2. The maximum absolute atomic E-state index is 12.5. The Kier molecular flexibility index (Phi) is 3.81. The van der Waals surface area contributed by atoms with Gasteiger partial charge in [-0.1, -0.05) is 23.4 Å². The van der Waals surface area contributed by atoms with E-state index in [9.17, 15) is 9.59 Å². The van der Waals surface area contributed by atoms with Crippen molar-refractivity contribution in [3.8, 4) is 17.1 Å². The third-order valence-corrected chi connectivity index (χ3v) is 4.12. The first-order chi connectivity index (χ1) is 12.2. The lowest BCUT2D eigenvalue weighted by molar-refractivity contribution is -0.121. The molecule has 0 radical (unpaired) electrons. The SMILES string of the molecule is O=C(Nc1ccc(-c2noc(=O)[nH]2)cc1)C1COc2ccccc2C1. The van der Waals surface area contributed by atoms with Crippen LogP contribution < -0.4 is 15.8 Å². The Morgan fingerprint density at radius 1 is 1.16 bits per heavy atom.